The molecule has 0 atom stereocenters. The van der Waals surface area contributed by atoms with E-state index in [-0.39, 0.29) is 10.8 Å². The van der Waals surface area contributed by atoms with Gasteiger partial charge in [-0.05, 0) is 55.3 Å². The zero-order valence-corrected chi connectivity index (χ0v) is 24.5. The molecule has 0 radical (unpaired) electrons. The van der Waals surface area contributed by atoms with Crippen LogP contribution in [0.15, 0.2) is 99.1 Å². The fraction of sp³-hybridized carbons (Fsp3) is 0.167. The maximum Gasteiger partial charge on any atom is 0.490 e. The molecule has 5 aromatic rings. The Labute approximate surface area is 250 Å². The molecule has 44 heavy (non-hydrogen) atoms. The molecule has 2 N–H and O–H groups in total. The van der Waals surface area contributed by atoms with E-state index >= 15 is 0 Å². The summed E-state index contributed by atoms with van der Waals surface area (Å²) in [4.78, 5) is 15.4. The number of hydrogen-bond acceptors (Lipinski definition) is 8. The van der Waals surface area contributed by atoms with Gasteiger partial charge < -0.3 is 18.9 Å². The quantitative estimate of drug-likeness (QED) is 0.193. The average molecular weight is 629 g/mol. The van der Waals surface area contributed by atoms with Gasteiger partial charge in [-0.15, -0.1) is 0 Å². The number of benzene rings is 3. The lowest BCUT2D eigenvalue weighted by molar-refractivity contribution is -0.192. The minimum atomic E-state index is -5.08. The summed E-state index contributed by atoms with van der Waals surface area (Å²) < 4.78 is 72.1. The minimum absolute atomic E-state index is 0.107. The largest absolute Gasteiger partial charge is 0.490 e. The van der Waals surface area contributed by atoms with Crippen LogP contribution in [0.3, 0.4) is 0 Å². The molecule has 2 aromatic heterocycles. The molecule has 5 rings (SSSR count). The van der Waals surface area contributed by atoms with Crippen LogP contribution in [0.1, 0.15) is 16.8 Å². The highest BCUT2D eigenvalue weighted by atomic mass is 32.2. The topological polar surface area (TPSA) is 139 Å². The van der Waals surface area contributed by atoms with Gasteiger partial charge in [0.25, 0.3) is 10.0 Å². The number of aromatic nitrogens is 2. The van der Waals surface area contributed by atoms with Crippen molar-refractivity contribution < 1.29 is 40.4 Å². The van der Waals surface area contributed by atoms with E-state index in [1.807, 2.05) is 61.6 Å². The number of nitrogens with one attached hydrogen (secondary N) is 1. The van der Waals surface area contributed by atoms with Crippen LogP contribution in [0.25, 0.3) is 22.6 Å². The first-order valence-corrected chi connectivity index (χ1v) is 14.4. The van der Waals surface area contributed by atoms with Gasteiger partial charge in [-0.1, -0.05) is 47.6 Å². The predicted octanol–water partition coefficient (Wildman–Crippen LogP) is 6.68. The molecule has 14 heteroatoms. The molecule has 0 unspecified atom stereocenters. The van der Waals surface area contributed by atoms with E-state index in [1.54, 1.807) is 38.2 Å². The first-order valence-electron chi connectivity index (χ1n) is 12.9. The molecule has 0 saturated carbocycles. The monoisotopic (exact) mass is 628 g/mol. The smallest absolute Gasteiger partial charge is 0.475 e. The second kappa shape index (κ2) is 13.0. The number of oxazole rings is 1. The number of carbonyl (C=O) groups is 1. The van der Waals surface area contributed by atoms with Crippen LogP contribution in [0, 0.1) is 13.8 Å². The highest BCUT2D eigenvalue weighted by molar-refractivity contribution is 7.92. The number of anilines is 2. The van der Waals surface area contributed by atoms with E-state index < -0.39 is 22.2 Å². The number of sulfonamides is 1. The fourth-order valence-corrected chi connectivity index (χ4v) is 5.40. The Morgan fingerprint density at radius 3 is 2.25 bits per heavy atom. The third kappa shape index (κ3) is 7.45. The summed E-state index contributed by atoms with van der Waals surface area (Å²) in [5.41, 5.74) is 5.37. The Hall–Kier alpha value is -5.11. The summed E-state index contributed by atoms with van der Waals surface area (Å²) in [7, 11) is -1.98. The predicted molar refractivity (Wildman–Crippen MR) is 156 cm³/mol. The number of rotatable bonds is 8. The van der Waals surface area contributed by atoms with Crippen molar-refractivity contribution in [3.63, 3.8) is 0 Å². The van der Waals surface area contributed by atoms with Crippen molar-refractivity contribution in [2.24, 2.45) is 0 Å². The van der Waals surface area contributed by atoms with Crippen LogP contribution in [-0.2, 0) is 21.4 Å². The second-order valence-electron chi connectivity index (χ2n) is 9.53. The molecular formula is C30H27F3N4O6S. The van der Waals surface area contributed by atoms with Crippen molar-refractivity contribution in [3.8, 4) is 22.6 Å². The van der Waals surface area contributed by atoms with Gasteiger partial charge in [-0.25, -0.2) is 22.9 Å². The standard InChI is InChI=1S/C28H26N4O4S.C2HF3O2/c1-19-20(2)30-36-27(19)31-37(33,34)26-12-8-7-11-25(26)24-14-13-21(28-29-15-16-35-28)17-22(24)18-32(3)23-9-5-4-6-10-23;3-2(4,5)1(6)7/h4-17,31H,18H2,1-3H3;(H,6,7). The number of nitrogens with zero attached hydrogens (tertiary/aromatic N) is 3. The van der Waals surface area contributed by atoms with E-state index in [0.717, 1.165) is 22.4 Å². The van der Waals surface area contributed by atoms with E-state index in [0.29, 0.717) is 29.3 Å². The van der Waals surface area contributed by atoms with Crippen LogP contribution >= 0.6 is 0 Å². The summed E-state index contributed by atoms with van der Waals surface area (Å²) in [5.74, 6) is -2.16. The maximum absolute atomic E-state index is 13.5. The molecule has 0 saturated heterocycles. The molecule has 0 aliphatic heterocycles. The molecule has 230 valence electrons. The van der Waals surface area contributed by atoms with Gasteiger partial charge in [-0.2, -0.15) is 13.2 Å². The van der Waals surface area contributed by atoms with Gasteiger partial charge in [0.15, 0.2) is 0 Å². The number of aliphatic carboxylic acids is 1. The summed E-state index contributed by atoms with van der Waals surface area (Å²) >= 11 is 0. The van der Waals surface area contributed by atoms with Gasteiger partial charge in [0.1, 0.15) is 6.26 Å². The molecule has 0 fully saturated rings. The highest BCUT2D eigenvalue weighted by Crippen LogP contribution is 2.35. The van der Waals surface area contributed by atoms with Gasteiger partial charge in [-0.3, -0.25) is 0 Å². The zero-order valence-electron chi connectivity index (χ0n) is 23.7. The number of hydrogen-bond donors (Lipinski definition) is 2. The van der Waals surface area contributed by atoms with Gasteiger partial charge >= 0.3 is 12.1 Å². The number of carboxylic acid groups (broad SMARTS) is 1. The highest BCUT2D eigenvalue weighted by Gasteiger charge is 2.38. The summed E-state index contributed by atoms with van der Waals surface area (Å²) in [5, 5.41) is 11.0. The van der Waals surface area contributed by atoms with Crippen LogP contribution in [0.5, 0.6) is 0 Å². The number of para-hydroxylation sites is 1. The average Bonchev–Trinajstić information content (AvgIpc) is 3.64. The molecule has 3 aromatic carbocycles. The van der Waals surface area contributed by atoms with Crippen LogP contribution < -0.4 is 9.62 Å². The lowest BCUT2D eigenvalue weighted by atomic mass is 9.96. The van der Waals surface area contributed by atoms with Crippen LogP contribution in [0.2, 0.25) is 0 Å². The van der Waals surface area contributed by atoms with Crippen molar-refractivity contribution in [1.29, 1.82) is 0 Å². The Balaban J connectivity index is 0.000000566. The lowest BCUT2D eigenvalue weighted by Gasteiger charge is -2.22. The summed E-state index contributed by atoms with van der Waals surface area (Å²) in [6.45, 7) is 4.04. The van der Waals surface area contributed by atoms with Gasteiger partial charge in [0.05, 0.1) is 16.8 Å². The zero-order chi connectivity index (χ0) is 32.1. The summed E-state index contributed by atoms with van der Waals surface area (Å²) in [6, 6.07) is 22.7. The maximum atomic E-state index is 13.5. The first kappa shape index (κ1) is 31.8. The van der Waals surface area contributed by atoms with Gasteiger partial charge in [0.2, 0.25) is 11.8 Å². The van der Waals surface area contributed by atoms with Gasteiger partial charge in [0, 0.05) is 36.0 Å². The molecule has 10 nitrogen and oxygen atoms in total. The van der Waals surface area contributed by atoms with Crippen molar-refractivity contribution in [2.45, 2.75) is 31.5 Å². The lowest BCUT2D eigenvalue weighted by Crippen LogP contribution is -2.21. The minimum Gasteiger partial charge on any atom is -0.475 e. The molecular weight excluding hydrogens is 601 g/mol. The molecule has 0 aliphatic carbocycles. The van der Waals surface area contributed by atoms with Crippen molar-refractivity contribution in [1.82, 2.24) is 10.1 Å². The Morgan fingerprint density at radius 1 is 1.00 bits per heavy atom. The van der Waals surface area contributed by atoms with Crippen LogP contribution in [-0.4, -0.2) is 42.9 Å². The van der Waals surface area contributed by atoms with Crippen molar-refractivity contribution >= 4 is 27.6 Å². The number of alkyl halides is 3. The first-order chi connectivity index (χ1) is 20.8. The normalized spacial score (nSPS) is 11.4. The molecule has 2 heterocycles. The van der Waals surface area contributed by atoms with Crippen molar-refractivity contribution in [2.75, 3.05) is 16.7 Å². The molecule has 0 bridgehead atoms. The number of carboxylic acids is 1. The Morgan fingerprint density at radius 2 is 1.66 bits per heavy atom. The van der Waals surface area contributed by atoms with E-state index in [1.165, 1.54) is 6.26 Å². The van der Waals surface area contributed by atoms with E-state index in [4.69, 9.17) is 18.8 Å². The Kier molecular flexibility index (Phi) is 9.43. The third-order valence-corrected chi connectivity index (χ3v) is 7.87. The second-order valence-corrected chi connectivity index (χ2v) is 11.2. The van der Waals surface area contributed by atoms with Crippen molar-refractivity contribution in [3.05, 3.63) is 102 Å². The summed E-state index contributed by atoms with van der Waals surface area (Å²) in [6.07, 6.45) is -1.96. The molecule has 0 spiro atoms. The number of aryl methyl sites for hydroxylation is 1. The van der Waals surface area contributed by atoms with E-state index in [9.17, 15) is 21.6 Å². The number of halogens is 3. The fourth-order valence-electron chi connectivity index (χ4n) is 4.13. The third-order valence-electron chi connectivity index (χ3n) is 6.48. The Bertz CT molecular complexity index is 1840. The van der Waals surface area contributed by atoms with Crippen LogP contribution in [0.4, 0.5) is 24.7 Å². The molecule has 0 aliphatic rings. The molecule has 0 amide bonds. The SMILES string of the molecule is Cc1noc(NS(=O)(=O)c2ccccc2-c2ccc(-c3ncco3)cc2CN(C)c2ccccc2)c1C.O=C(O)C(F)(F)F. The van der Waals surface area contributed by atoms with E-state index in [2.05, 4.69) is 19.8 Å².